The van der Waals surface area contributed by atoms with Crippen LogP contribution in [-0.4, -0.2) is 11.3 Å². The van der Waals surface area contributed by atoms with E-state index in [1.165, 1.54) is 0 Å². The summed E-state index contributed by atoms with van der Waals surface area (Å²) < 4.78 is 64.2. The van der Waals surface area contributed by atoms with E-state index in [0.717, 1.165) is 0 Å². The van der Waals surface area contributed by atoms with E-state index in [0.29, 0.717) is 6.20 Å². The number of rotatable bonds is 3. The molecule has 9 heteroatoms. The molecule has 0 aromatic carbocycles. The Hall–Kier alpha value is -1.15. The number of aromatic nitrogens is 1. The van der Waals surface area contributed by atoms with E-state index >= 15 is 0 Å². The summed E-state index contributed by atoms with van der Waals surface area (Å²) in [6.07, 6.45) is -7.46. The third-order valence-corrected chi connectivity index (χ3v) is 2.17. The largest absolute Gasteiger partial charge is 0.573 e. The van der Waals surface area contributed by atoms with Gasteiger partial charge in [0, 0.05) is 12.1 Å². The Balaban J connectivity index is 3.21. The smallest absolute Gasteiger partial charge is 0.404 e. The molecule has 96 valence electrons. The lowest BCUT2D eigenvalue weighted by Gasteiger charge is -2.14. The van der Waals surface area contributed by atoms with Gasteiger partial charge in [0.25, 0.3) is 6.43 Å². The minimum Gasteiger partial charge on any atom is -0.404 e. The summed E-state index contributed by atoms with van der Waals surface area (Å²) in [5.74, 6) is -0.783. The molecule has 0 spiro atoms. The normalized spacial score (nSPS) is 12.0. The van der Waals surface area contributed by atoms with Gasteiger partial charge in [-0.3, -0.25) is 0 Å². The predicted octanol–water partition coefficient (Wildman–Crippen LogP) is 3.03. The SMILES string of the molecule is NCc1c(OC(F)(F)F)cnc(C(F)F)c1Cl. The molecule has 0 aliphatic heterocycles. The molecule has 1 rings (SSSR count). The van der Waals surface area contributed by atoms with Crippen molar-refractivity contribution in [2.75, 3.05) is 0 Å². The number of nitrogens with two attached hydrogens (primary N) is 1. The highest BCUT2D eigenvalue weighted by Crippen LogP contribution is 2.35. The number of hydrogen-bond donors (Lipinski definition) is 1. The molecular weight excluding hydrogens is 271 g/mol. The second-order valence-corrected chi connectivity index (χ2v) is 3.23. The van der Waals surface area contributed by atoms with Gasteiger partial charge in [-0.25, -0.2) is 13.8 Å². The highest BCUT2D eigenvalue weighted by atomic mass is 35.5. The quantitative estimate of drug-likeness (QED) is 0.863. The van der Waals surface area contributed by atoms with Gasteiger partial charge in [0.05, 0.1) is 11.2 Å². The van der Waals surface area contributed by atoms with Crippen LogP contribution in [0.25, 0.3) is 0 Å². The Morgan fingerprint density at radius 3 is 2.41 bits per heavy atom. The van der Waals surface area contributed by atoms with E-state index in [1.807, 2.05) is 0 Å². The van der Waals surface area contributed by atoms with Gasteiger partial charge < -0.3 is 10.5 Å². The lowest BCUT2D eigenvalue weighted by molar-refractivity contribution is -0.275. The maximum atomic E-state index is 12.4. The van der Waals surface area contributed by atoms with Crippen LogP contribution in [0.5, 0.6) is 5.75 Å². The van der Waals surface area contributed by atoms with Crippen molar-refractivity contribution < 1.29 is 26.7 Å². The molecule has 0 radical (unpaired) electrons. The van der Waals surface area contributed by atoms with E-state index in [2.05, 4.69) is 9.72 Å². The van der Waals surface area contributed by atoms with E-state index < -0.39 is 35.8 Å². The number of pyridine rings is 1. The zero-order valence-electron chi connectivity index (χ0n) is 8.06. The molecule has 0 fully saturated rings. The van der Waals surface area contributed by atoms with Crippen molar-refractivity contribution in [3.8, 4) is 5.75 Å². The Kier molecular flexibility index (Phi) is 4.10. The minimum absolute atomic E-state index is 0.366. The molecule has 1 heterocycles. The van der Waals surface area contributed by atoms with Crippen molar-refractivity contribution in [3.63, 3.8) is 0 Å². The van der Waals surface area contributed by atoms with Crippen LogP contribution in [0.2, 0.25) is 5.02 Å². The van der Waals surface area contributed by atoms with Gasteiger partial charge in [-0.1, -0.05) is 11.6 Å². The maximum Gasteiger partial charge on any atom is 0.573 e. The van der Waals surface area contributed by atoms with Gasteiger partial charge in [0.2, 0.25) is 0 Å². The topological polar surface area (TPSA) is 48.1 Å². The molecule has 0 unspecified atom stereocenters. The summed E-state index contributed by atoms with van der Waals surface area (Å²) in [5, 5.41) is -0.621. The molecule has 1 aromatic rings. The third kappa shape index (κ3) is 3.40. The Morgan fingerprint density at radius 2 is 2.00 bits per heavy atom. The molecule has 3 nitrogen and oxygen atoms in total. The van der Waals surface area contributed by atoms with E-state index in [1.54, 1.807) is 0 Å². The lowest BCUT2D eigenvalue weighted by atomic mass is 10.2. The van der Waals surface area contributed by atoms with Crippen LogP contribution < -0.4 is 10.5 Å². The van der Waals surface area contributed by atoms with Gasteiger partial charge in [0.1, 0.15) is 5.69 Å². The van der Waals surface area contributed by atoms with E-state index in [4.69, 9.17) is 17.3 Å². The van der Waals surface area contributed by atoms with E-state index in [9.17, 15) is 22.0 Å². The highest BCUT2D eigenvalue weighted by molar-refractivity contribution is 6.32. The van der Waals surface area contributed by atoms with Crippen molar-refractivity contribution in [1.82, 2.24) is 4.98 Å². The van der Waals surface area contributed by atoms with Crippen LogP contribution in [-0.2, 0) is 6.54 Å². The summed E-state index contributed by atoms with van der Waals surface area (Å²) in [4.78, 5) is 3.11. The van der Waals surface area contributed by atoms with Crippen molar-refractivity contribution in [1.29, 1.82) is 0 Å². The summed E-state index contributed by atoms with van der Waals surface area (Å²) in [6, 6.07) is 0. The summed E-state index contributed by atoms with van der Waals surface area (Å²) in [6.45, 7) is -0.480. The van der Waals surface area contributed by atoms with Crippen LogP contribution in [0.4, 0.5) is 22.0 Å². The van der Waals surface area contributed by atoms with Crippen LogP contribution in [0.1, 0.15) is 17.7 Å². The first-order chi connectivity index (χ1) is 7.76. The van der Waals surface area contributed by atoms with Gasteiger partial charge in [-0.15, -0.1) is 13.2 Å². The fraction of sp³-hybridized carbons (Fsp3) is 0.375. The van der Waals surface area contributed by atoms with Gasteiger partial charge in [-0.2, -0.15) is 0 Å². The zero-order chi connectivity index (χ0) is 13.2. The van der Waals surface area contributed by atoms with Crippen molar-refractivity contribution >= 4 is 11.6 Å². The third-order valence-electron chi connectivity index (χ3n) is 1.74. The standard InChI is InChI=1S/C8H6ClF5N2O/c9-5-3(1-15)4(17-8(12,13)14)2-16-6(5)7(10)11/h2,7H,1,15H2. The number of alkyl halides is 5. The molecule has 0 saturated heterocycles. The fourth-order valence-electron chi connectivity index (χ4n) is 1.08. The van der Waals surface area contributed by atoms with Crippen LogP contribution in [0, 0.1) is 0 Å². The van der Waals surface area contributed by atoms with Gasteiger partial charge in [-0.05, 0) is 0 Å². The molecule has 0 atom stereocenters. The molecule has 0 saturated carbocycles. The highest BCUT2D eigenvalue weighted by Gasteiger charge is 2.33. The average molecular weight is 277 g/mol. The van der Waals surface area contributed by atoms with Crippen molar-refractivity contribution in [2.45, 2.75) is 19.3 Å². The first kappa shape index (κ1) is 13.9. The second-order valence-electron chi connectivity index (χ2n) is 2.85. The predicted molar refractivity (Wildman–Crippen MR) is 48.8 cm³/mol. The molecule has 2 N–H and O–H groups in total. The first-order valence-electron chi connectivity index (χ1n) is 4.17. The number of ether oxygens (including phenoxy) is 1. The van der Waals surface area contributed by atoms with Gasteiger partial charge in [0.15, 0.2) is 5.75 Å². The van der Waals surface area contributed by atoms with Crippen molar-refractivity contribution in [2.24, 2.45) is 5.73 Å². The Labute approximate surface area is 97.3 Å². The van der Waals surface area contributed by atoms with E-state index in [-0.39, 0.29) is 5.56 Å². The molecule has 1 aromatic heterocycles. The van der Waals surface area contributed by atoms with Crippen LogP contribution in [0.3, 0.4) is 0 Å². The minimum atomic E-state index is -4.97. The number of nitrogens with zero attached hydrogens (tertiary/aromatic N) is 1. The summed E-state index contributed by atoms with van der Waals surface area (Å²) in [7, 11) is 0. The average Bonchev–Trinajstić information content (AvgIpc) is 2.15. The molecular formula is C8H6ClF5N2O. The molecule has 0 amide bonds. The molecule has 0 bridgehead atoms. The van der Waals surface area contributed by atoms with Crippen LogP contribution in [0.15, 0.2) is 6.20 Å². The molecule has 0 aliphatic rings. The molecule has 17 heavy (non-hydrogen) atoms. The van der Waals surface area contributed by atoms with Crippen molar-refractivity contribution in [3.05, 3.63) is 22.5 Å². The van der Waals surface area contributed by atoms with Gasteiger partial charge >= 0.3 is 6.36 Å². The Morgan fingerprint density at radius 1 is 1.41 bits per heavy atom. The fourth-order valence-corrected chi connectivity index (χ4v) is 1.38. The summed E-state index contributed by atoms with van der Waals surface area (Å²) in [5.41, 5.74) is 3.94. The number of hydrogen-bond acceptors (Lipinski definition) is 3. The molecule has 0 aliphatic carbocycles. The monoisotopic (exact) mass is 276 g/mol. The zero-order valence-corrected chi connectivity index (χ0v) is 8.82. The second kappa shape index (κ2) is 5.01. The summed E-state index contributed by atoms with van der Waals surface area (Å²) >= 11 is 5.47. The lowest BCUT2D eigenvalue weighted by Crippen LogP contribution is -2.19. The maximum absolute atomic E-state index is 12.4. The first-order valence-corrected chi connectivity index (χ1v) is 4.55. The Bertz CT molecular complexity index is 410. The number of halogens is 6. The van der Waals surface area contributed by atoms with Crippen LogP contribution >= 0.6 is 11.6 Å².